The molecule has 1 aromatic carbocycles. The third-order valence-corrected chi connectivity index (χ3v) is 3.52. The number of hydrogen-bond donors (Lipinski definition) is 1. The van der Waals surface area contributed by atoms with E-state index in [0.29, 0.717) is 12.2 Å². The molecule has 1 heterocycles. The summed E-state index contributed by atoms with van der Waals surface area (Å²) in [5, 5.41) is 14.3. The second-order valence-corrected chi connectivity index (χ2v) is 5.08. The lowest BCUT2D eigenvalue weighted by Gasteiger charge is -2.09. The van der Waals surface area contributed by atoms with Crippen LogP contribution in [0.1, 0.15) is 30.3 Å². The fraction of sp³-hybridized carbons (Fsp3) is 0.400. The second kappa shape index (κ2) is 6.39. The number of rotatable bonds is 6. The Labute approximate surface area is 124 Å². The highest BCUT2D eigenvalue weighted by Crippen LogP contribution is 2.26. The first-order chi connectivity index (χ1) is 10.0. The van der Waals surface area contributed by atoms with E-state index in [-0.39, 0.29) is 10.6 Å². The van der Waals surface area contributed by atoms with Crippen molar-refractivity contribution < 1.29 is 4.92 Å². The molecule has 112 valence electrons. The molecule has 0 saturated heterocycles. The number of nitro groups is 1. The molecular formula is C15H20N4O2. The largest absolute Gasteiger partial charge is 0.380 e. The summed E-state index contributed by atoms with van der Waals surface area (Å²) in [6.07, 6.45) is 2.69. The van der Waals surface area contributed by atoms with Crippen molar-refractivity contribution in [3.8, 4) is 0 Å². The van der Waals surface area contributed by atoms with E-state index in [1.165, 1.54) is 0 Å². The topological polar surface area (TPSA) is 73.0 Å². The molecule has 0 unspecified atom stereocenters. The number of aromatic nitrogens is 2. The summed E-state index contributed by atoms with van der Waals surface area (Å²) in [7, 11) is 0. The van der Waals surface area contributed by atoms with Crippen molar-refractivity contribution >= 4 is 11.4 Å². The lowest BCUT2D eigenvalue weighted by atomic mass is 10.1. The van der Waals surface area contributed by atoms with Gasteiger partial charge in [0, 0.05) is 24.8 Å². The minimum atomic E-state index is -0.340. The molecule has 0 saturated carbocycles. The van der Waals surface area contributed by atoms with Crippen molar-refractivity contribution in [1.29, 1.82) is 0 Å². The first kappa shape index (κ1) is 15.0. The van der Waals surface area contributed by atoms with Crippen molar-refractivity contribution in [2.75, 3.05) is 11.9 Å². The van der Waals surface area contributed by atoms with Gasteiger partial charge in [0.1, 0.15) is 5.69 Å². The van der Waals surface area contributed by atoms with Crippen LogP contribution in [-0.4, -0.2) is 21.0 Å². The molecule has 6 heteroatoms. The zero-order valence-corrected chi connectivity index (χ0v) is 12.6. The van der Waals surface area contributed by atoms with Gasteiger partial charge in [-0.1, -0.05) is 13.0 Å². The quantitative estimate of drug-likeness (QED) is 0.654. The molecule has 21 heavy (non-hydrogen) atoms. The molecule has 0 aliphatic carbocycles. The third-order valence-electron chi connectivity index (χ3n) is 3.52. The van der Waals surface area contributed by atoms with Crippen molar-refractivity contribution in [3.05, 3.63) is 51.6 Å². The molecule has 1 aromatic heterocycles. The molecule has 0 amide bonds. The zero-order chi connectivity index (χ0) is 15.4. The van der Waals surface area contributed by atoms with Crippen LogP contribution < -0.4 is 5.32 Å². The normalized spacial score (nSPS) is 10.6. The van der Waals surface area contributed by atoms with E-state index in [1.807, 2.05) is 31.4 Å². The Bertz CT molecular complexity index is 649. The molecule has 0 aliphatic rings. The number of anilines is 1. The smallest absolute Gasteiger partial charge is 0.292 e. The first-order valence-electron chi connectivity index (χ1n) is 7.02. The lowest BCUT2D eigenvalue weighted by Crippen LogP contribution is -2.05. The van der Waals surface area contributed by atoms with Crippen LogP contribution in [0.15, 0.2) is 24.5 Å². The molecule has 2 rings (SSSR count). The minimum absolute atomic E-state index is 0.121. The van der Waals surface area contributed by atoms with Gasteiger partial charge in [0.2, 0.25) is 0 Å². The van der Waals surface area contributed by atoms with E-state index in [0.717, 1.165) is 29.9 Å². The Morgan fingerprint density at radius 1 is 1.38 bits per heavy atom. The fourth-order valence-electron chi connectivity index (χ4n) is 2.14. The van der Waals surface area contributed by atoms with Gasteiger partial charge in [-0.2, -0.15) is 0 Å². The number of nitrogens with one attached hydrogen (secondary N) is 1. The van der Waals surface area contributed by atoms with E-state index >= 15 is 0 Å². The molecule has 0 radical (unpaired) electrons. The summed E-state index contributed by atoms with van der Waals surface area (Å²) in [4.78, 5) is 15.1. The second-order valence-electron chi connectivity index (χ2n) is 5.08. The van der Waals surface area contributed by atoms with Crippen LogP contribution in [0.25, 0.3) is 0 Å². The molecule has 0 bridgehead atoms. The van der Waals surface area contributed by atoms with Crippen LogP contribution in [0.3, 0.4) is 0 Å². The first-order valence-corrected chi connectivity index (χ1v) is 7.02. The summed E-state index contributed by atoms with van der Waals surface area (Å²) in [5.74, 6) is 0. The molecular weight excluding hydrogens is 268 g/mol. The minimum Gasteiger partial charge on any atom is -0.380 e. The molecule has 0 aliphatic heterocycles. The van der Waals surface area contributed by atoms with E-state index in [9.17, 15) is 10.1 Å². The number of aryl methyl sites for hydroxylation is 1. The van der Waals surface area contributed by atoms with Gasteiger partial charge in [0.25, 0.3) is 5.69 Å². The summed E-state index contributed by atoms with van der Waals surface area (Å²) < 4.78 is 1.99. The highest BCUT2D eigenvalue weighted by atomic mass is 16.6. The summed E-state index contributed by atoms with van der Waals surface area (Å²) in [6, 6.07) is 5.33. The van der Waals surface area contributed by atoms with Crippen LogP contribution in [0.4, 0.5) is 11.4 Å². The number of hydrogen-bond acceptors (Lipinski definition) is 4. The van der Waals surface area contributed by atoms with Gasteiger partial charge >= 0.3 is 0 Å². The van der Waals surface area contributed by atoms with Crippen molar-refractivity contribution in [2.24, 2.45) is 0 Å². The zero-order valence-electron chi connectivity index (χ0n) is 12.6. The Morgan fingerprint density at radius 3 is 2.71 bits per heavy atom. The maximum absolute atomic E-state index is 11.2. The van der Waals surface area contributed by atoms with Gasteiger partial charge in [0.15, 0.2) is 0 Å². The van der Waals surface area contributed by atoms with Crippen molar-refractivity contribution in [3.63, 3.8) is 0 Å². The summed E-state index contributed by atoms with van der Waals surface area (Å²) in [6.45, 7) is 7.28. The highest BCUT2D eigenvalue weighted by molar-refractivity contribution is 5.62. The monoisotopic (exact) mass is 288 g/mol. The molecule has 2 aromatic rings. The standard InChI is InChI=1S/C15H20N4O2/c1-4-7-16-14-6-5-13(8-15(14)19(20)21)9-18-10-17-11(2)12(18)3/h5-6,8,10,16H,4,7,9H2,1-3H3. The Morgan fingerprint density at radius 2 is 2.14 bits per heavy atom. The summed E-state index contributed by atoms with van der Waals surface area (Å²) >= 11 is 0. The van der Waals surface area contributed by atoms with Crippen LogP contribution in [0, 0.1) is 24.0 Å². The van der Waals surface area contributed by atoms with Gasteiger partial charge in [-0.25, -0.2) is 4.98 Å². The number of benzene rings is 1. The van der Waals surface area contributed by atoms with Gasteiger partial charge in [-0.05, 0) is 31.9 Å². The average molecular weight is 288 g/mol. The van der Waals surface area contributed by atoms with Crippen LogP contribution in [0.2, 0.25) is 0 Å². The number of imidazole rings is 1. The SMILES string of the molecule is CCCNc1ccc(Cn2cnc(C)c2C)cc1[N+](=O)[O-]. The van der Waals surface area contributed by atoms with Crippen LogP contribution >= 0.6 is 0 Å². The van der Waals surface area contributed by atoms with E-state index in [2.05, 4.69) is 10.3 Å². The molecule has 0 atom stereocenters. The van der Waals surface area contributed by atoms with E-state index in [1.54, 1.807) is 18.5 Å². The Kier molecular flexibility index (Phi) is 4.57. The molecule has 6 nitrogen and oxygen atoms in total. The van der Waals surface area contributed by atoms with Gasteiger partial charge in [-0.3, -0.25) is 10.1 Å². The highest BCUT2D eigenvalue weighted by Gasteiger charge is 2.14. The molecule has 1 N–H and O–H groups in total. The Balaban J connectivity index is 2.27. The van der Waals surface area contributed by atoms with E-state index in [4.69, 9.17) is 0 Å². The predicted molar refractivity (Wildman–Crippen MR) is 82.7 cm³/mol. The van der Waals surface area contributed by atoms with Gasteiger partial charge in [-0.15, -0.1) is 0 Å². The van der Waals surface area contributed by atoms with Crippen LogP contribution in [0.5, 0.6) is 0 Å². The van der Waals surface area contributed by atoms with Crippen molar-refractivity contribution in [1.82, 2.24) is 9.55 Å². The Hall–Kier alpha value is -2.37. The fourth-order valence-corrected chi connectivity index (χ4v) is 2.14. The lowest BCUT2D eigenvalue weighted by molar-refractivity contribution is -0.384. The van der Waals surface area contributed by atoms with Gasteiger partial charge in [0.05, 0.1) is 16.9 Å². The van der Waals surface area contributed by atoms with E-state index < -0.39 is 0 Å². The number of nitro benzene ring substituents is 1. The van der Waals surface area contributed by atoms with Crippen molar-refractivity contribution in [2.45, 2.75) is 33.7 Å². The van der Waals surface area contributed by atoms with Gasteiger partial charge < -0.3 is 9.88 Å². The maximum Gasteiger partial charge on any atom is 0.292 e. The predicted octanol–water partition coefficient (Wildman–Crippen LogP) is 3.28. The average Bonchev–Trinajstić information content (AvgIpc) is 2.77. The number of nitrogens with zero attached hydrogens (tertiary/aromatic N) is 3. The molecule has 0 spiro atoms. The molecule has 0 fully saturated rings. The maximum atomic E-state index is 11.2. The third kappa shape index (κ3) is 3.39. The van der Waals surface area contributed by atoms with Crippen LogP contribution in [-0.2, 0) is 6.54 Å². The summed E-state index contributed by atoms with van der Waals surface area (Å²) in [5.41, 5.74) is 3.64.